The van der Waals surface area contributed by atoms with E-state index in [-0.39, 0.29) is 17.1 Å². The number of rotatable bonds is 7. The highest BCUT2D eigenvalue weighted by atomic mass is 32.2. The Kier molecular flexibility index (Phi) is 5.98. The van der Waals surface area contributed by atoms with Gasteiger partial charge in [0.1, 0.15) is 22.0 Å². The fraction of sp³-hybridized carbons (Fsp3) is 0.188. The van der Waals surface area contributed by atoms with Gasteiger partial charge in [-0.1, -0.05) is 12.1 Å². The SMILES string of the molecule is COC(=O)c1ccc(OC)cc1OS(=O)(=O)c1ccccc1OC(F)F. The van der Waals surface area contributed by atoms with Crippen LogP contribution >= 0.6 is 0 Å². The molecular formula is C16H14F2O7S. The number of esters is 1. The molecule has 0 unspecified atom stereocenters. The molecule has 0 saturated carbocycles. The van der Waals surface area contributed by atoms with E-state index in [0.717, 1.165) is 25.3 Å². The molecule has 0 saturated heterocycles. The minimum atomic E-state index is -4.60. The molecule has 0 aromatic heterocycles. The summed E-state index contributed by atoms with van der Waals surface area (Å²) in [5.41, 5.74) is -0.191. The van der Waals surface area contributed by atoms with Crippen molar-refractivity contribution in [3.8, 4) is 17.2 Å². The third-order valence-corrected chi connectivity index (χ3v) is 4.40. The highest BCUT2D eigenvalue weighted by molar-refractivity contribution is 7.87. The van der Waals surface area contributed by atoms with Crippen LogP contribution in [0.4, 0.5) is 8.78 Å². The standard InChI is InChI=1S/C16H14F2O7S/c1-22-10-7-8-11(15(19)23-2)13(9-10)25-26(20,21)14-6-4-3-5-12(14)24-16(17)18/h3-9,16H,1-2H3. The van der Waals surface area contributed by atoms with Crippen molar-refractivity contribution in [2.24, 2.45) is 0 Å². The number of carbonyl (C=O) groups excluding carboxylic acids is 1. The lowest BCUT2D eigenvalue weighted by Gasteiger charge is -2.14. The molecule has 10 heteroatoms. The number of ether oxygens (including phenoxy) is 3. The van der Waals surface area contributed by atoms with Crippen molar-refractivity contribution in [3.05, 3.63) is 48.0 Å². The summed E-state index contributed by atoms with van der Waals surface area (Å²) in [6.07, 6.45) is 0. The number of hydrogen-bond acceptors (Lipinski definition) is 7. The second-order valence-corrected chi connectivity index (χ2v) is 6.23. The Morgan fingerprint density at radius 3 is 2.35 bits per heavy atom. The van der Waals surface area contributed by atoms with Gasteiger partial charge in [-0.25, -0.2) is 4.79 Å². The van der Waals surface area contributed by atoms with E-state index < -0.39 is 33.3 Å². The van der Waals surface area contributed by atoms with Crippen LogP contribution in [0.5, 0.6) is 17.2 Å². The van der Waals surface area contributed by atoms with Crippen molar-refractivity contribution in [2.75, 3.05) is 14.2 Å². The van der Waals surface area contributed by atoms with E-state index in [1.54, 1.807) is 0 Å². The van der Waals surface area contributed by atoms with Crippen LogP contribution in [0.25, 0.3) is 0 Å². The number of alkyl halides is 2. The maximum Gasteiger partial charge on any atom is 0.387 e. The Morgan fingerprint density at radius 1 is 1.04 bits per heavy atom. The Morgan fingerprint density at radius 2 is 1.73 bits per heavy atom. The second kappa shape index (κ2) is 8.00. The topological polar surface area (TPSA) is 88.1 Å². The molecule has 0 heterocycles. The zero-order valence-electron chi connectivity index (χ0n) is 13.6. The van der Waals surface area contributed by atoms with Crippen LogP contribution in [0.15, 0.2) is 47.4 Å². The molecule has 0 N–H and O–H groups in total. The van der Waals surface area contributed by atoms with Crippen molar-refractivity contribution < 1.29 is 40.4 Å². The fourth-order valence-corrected chi connectivity index (χ4v) is 3.06. The van der Waals surface area contributed by atoms with Gasteiger partial charge >= 0.3 is 22.7 Å². The Balaban J connectivity index is 2.49. The lowest BCUT2D eigenvalue weighted by molar-refractivity contribution is -0.0518. The third kappa shape index (κ3) is 4.39. The summed E-state index contributed by atoms with van der Waals surface area (Å²) >= 11 is 0. The first kappa shape index (κ1) is 19.4. The number of carbonyl (C=O) groups is 1. The lowest BCUT2D eigenvalue weighted by Crippen LogP contribution is -2.15. The molecule has 2 aromatic rings. The van der Waals surface area contributed by atoms with Crippen molar-refractivity contribution >= 4 is 16.1 Å². The molecule has 0 aliphatic carbocycles. The van der Waals surface area contributed by atoms with Crippen molar-refractivity contribution in [1.82, 2.24) is 0 Å². The van der Waals surface area contributed by atoms with Gasteiger partial charge in [0, 0.05) is 6.07 Å². The first-order chi connectivity index (χ1) is 12.3. The van der Waals surface area contributed by atoms with Crippen molar-refractivity contribution in [1.29, 1.82) is 0 Å². The summed E-state index contributed by atoms with van der Waals surface area (Å²) in [4.78, 5) is 11.2. The van der Waals surface area contributed by atoms with Crippen LogP contribution in [-0.2, 0) is 14.9 Å². The average Bonchev–Trinajstić information content (AvgIpc) is 2.60. The molecule has 0 amide bonds. The van der Waals surface area contributed by atoms with Crippen LogP contribution in [0, 0.1) is 0 Å². The van der Waals surface area contributed by atoms with Crippen LogP contribution in [-0.4, -0.2) is 35.2 Å². The summed E-state index contributed by atoms with van der Waals surface area (Å²) in [5, 5.41) is 0. The van der Waals surface area contributed by atoms with E-state index >= 15 is 0 Å². The van der Waals surface area contributed by atoms with E-state index in [2.05, 4.69) is 9.47 Å². The van der Waals surface area contributed by atoms with Gasteiger partial charge in [-0.15, -0.1) is 0 Å². The molecule has 0 aliphatic heterocycles. The maximum atomic E-state index is 12.5. The average molecular weight is 388 g/mol. The molecule has 2 aromatic carbocycles. The minimum absolute atomic E-state index is 0.191. The molecule has 0 fully saturated rings. The lowest BCUT2D eigenvalue weighted by atomic mass is 10.2. The quantitative estimate of drug-likeness (QED) is 0.532. The summed E-state index contributed by atoms with van der Waals surface area (Å²) in [6, 6.07) is 8.51. The predicted octanol–water partition coefficient (Wildman–Crippen LogP) is 2.85. The zero-order valence-corrected chi connectivity index (χ0v) is 14.5. The summed E-state index contributed by atoms with van der Waals surface area (Å²) in [7, 11) is -2.16. The second-order valence-electron chi connectivity index (χ2n) is 4.72. The van der Waals surface area contributed by atoms with Crippen molar-refractivity contribution in [2.45, 2.75) is 11.5 Å². The molecular weight excluding hydrogens is 374 g/mol. The number of methoxy groups -OCH3 is 2. The Hall–Kier alpha value is -2.88. The summed E-state index contributed by atoms with van der Waals surface area (Å²) in [6.45, 7) is -3.23. The Bertz CT molecular complexity index is 897. The van der Waals surface area contributed by atoms with Gasteiger partial charge in [0.15, 0.2) is 5.75 Å². The fourth-order valence-electron chi connectivity index (χ4n) is 1.99. The highest BCUT2D eigenvalue weighted by Crippen LogP contribution is 2.31. The largest absolute Gasteiger partial charge is 0.497 e. The molecule has 7 nitrogen and oxygen atoms in total. The van der Waals surface area contributed by atoms with Gasteiger partial charge in [-0.05, 0) is 24.3 Å². The van der Waals surface area contributed by atoms with E-state index in [9.17, 15) is 22.0 Å². The van der Waals surface area contributed by atoms with Gasteiger partial charge in [-0.3, -0.25) is 0 Å². The minimum Gasteiger partial charge on any atom is -0.497 e. The van der Waals surface area contributed by atoms with Gasteiger partial charge in [0.05, 0.1) is 14.2 Å². The van der Waals surface area contributed by atoms with Crippen LogP contribution < -0.4 is 13.7 Å². The van der Waals surface area contributed by atoms with E-state index in [0.29, 0.717) is 0 Å². The normalized spacial score (nSPS) is 11.1. The van der Waals surface area contributed by atoms with Gasteiger partial charge in [0.2, 0.25) is 0 Å². The first-order valence-electron chi connectivity index (χ1n) is 7.03. The third-order valence-electron chi connectivity index (χ3n) is 3.13. The van der Waals surface area contributed by atoms with Crippen LogP contribution in [0.3, 0.4) is 0 Å². The zero-order chi connectivity index (χ0) is 19.3. The number of halogens is 2. The summed E-state index contributed by atoms with van der Waals surface area (Å²) in [5.74, 6) is -1.62. The predicted molar refractivity (Wildman–Crippen MR) is 85.2 cm³/mol. The first-order valence-corrected chi connectivity index (χ1v) is 8.44. The van der Waals surface area contributed by atoms with Gasteiger partial charge < -0.3 is 18.4 Å². The van der Waals surface area contributed by atoms with E-state index in [1.165, 1.54) is 31.4 Å². The number of hydrogen-bond donors (Lipinski definition) is 0. The van der Waals surface area contributed by atoms with Crippen LogP contribution in [0.2, 0.25) is 0 Å². The number of benzene rings is 2. The maximum absolute atomic E-state index is 12.5. The smallest absolute Gasteiger partial charge is 0.387 e. The Labute approximate surface area is 148 Å². The molecule has 2 rings (SSSR count). The van der Waals surface area contributed by atoms with E-state index in [4.69, 9.17) is 8.92 Å². The number of para-hydroxylation sites is 1. The molecule has 0 aliphatic rings. The van der Waals surface area contributed by atoms with Gasteiger partial charge in [0.25, 0.3) is 0 Å². The monoisotopic (exact) mass is 388 g/mol. The molecule has 0 atom stereocenters. The van der Waals surface area contributed by atoms with Gasteiger partial charge in [-0.2, -0.15) is 17.2 Å². The molecule has 0 radical (unpaired) electrons. The molecule has 26 heavy (non-hydrogen) atoms. The summed E-state index contributed by atoms with van der Waals surface area (Å²) < 4.78 is 68.8. The molecule has 0 spiro atoms. The van der Waals surface area contributed by atoms with Crippen molar-refractivity contribution in [3.63, 3.8) is 0 Å². The molecule has 140 valence electrons. The van der Waals surface area contributed by atoms with Crippen LogP contribution in [0.1, 0.15) is 10.4 Å². The van der Waals surface area contributed by atoms with E-state index in [1.807, 2.05) is 0 Å². The molecule has 0 bridgehead atoms. The highest BCUT2D eigenvalue weighted by Gasteiger charge is 2.26.